The van der Waals surface area contributed by atoms with Crippen molar-refractivity contribution < 1.29 is 0 Å². The molecule has 0 amide bonds. The summed E-state index contributed by atoms with van der Waals surface area (Å²) >= 11 is 11.2. The first kappa shape index (κ1) is 13.5. The lowest BCUT2D eigenvalue weighted by atomic mass is 10.2. The van der Waals surface area contributed by atoms with E-state index in [1.807, 2.05) is 18.2 Å². The largest absolute Gasteiger partial charge is 0.305 e. The van der Waals surface area contributed by atoms with Gasteiger partial charge in [-0.2, -0.15) is 0 Å². The van der Waals surface area contributed by atoms with Crippen LogP contribution in [0, 0.1) is 0 Å². The first-order valence-corrected chi connectivity index (χ1v) is 7.74. The Hall–Kier alpha value is -1.43. The highest BCUT2D eigenvalue weighted by atomic mass is 79.9. The predicted octanol–water partition coefficient (Wildman–Crippen LogP) is 4.48. The van der Waals surface area contributed by atoms with Crippen LogP contribution in [0.4, 0.5) is 0 Å². The zero-order valence-corrected chi connectivity index (χ0v) is 13.2. The van der Waals surface area contributed by atoms with Crippen LogP contribution in [0.3, 0.4) is 0 Å². The summed E-state index contributed by atoms with van der Waals surface area (Å²) in [4.78, 5) is 20.0. The molecule has 0 atom stereocenters. The highest BCUT2D eigenvalue weighted by Crippen LogP contribution is 2.27. The lowest BCUT2D eigenvalue weighted by Gasteiger charge is -2.01. The minimum Gasteiger partial charge on any atom is -0.305 e. The monoisotopic (exact) mass is 366 g/mol. The Bertz CT molecular complexity index is 869. The summed E-state index contributed by atoms with van der Waals surface area (Å²) in [5.41, 5.74) is 0.440. The number of rotatable bonds is 2. The van der Waals surface area contributed by atoms with E-state index in [0.29, 0.717) is 21.8 Å². The number of para-hydroxylation sites is 1. The fraction of sp³-hybridized carbons (Fsp3) is 0. The summed E-state index contributed by atoms with van der Waals surface area (Å²) in [7, 11) is 0. The van der Waals surface area contributed by atoms with E-state index in [2.05, 4.69) is 25.9 Å². The Morgan fingerprint density at radius 3 is 2.85 bits per heavy atom. The summed E-state index contributed by atoms with van der Waals surface area (Å²) in [5, 5.41) is 0.960. The molecule has 1 aromatic carbocycles. The number of aromatic amines is 1. The van der Waals surface area contributed by atoms with E-state index in [9.17, 15) is 4.79 Å². The molecule has 2 aromatic heterocycles. The molecule has 0 aliphatic rings. The van der Waals surface area contributed by atoms with Crippen LogP contribution in [-0.4, -0.2) is 9.97 Å². The number of H-pyrrole nitrogens is 1. The van der Waals surface area contributed by atoms with Crippen molar-refractivity contribution in [3.63, 3.8) is 0 Å². The van der Waals surface area contributed by atoms with Crippen LogP contribution in [0.1, 0.15) is 10.7 Å². The lowest BCUT2D eigenvalue weighted by Crippen LogP contribution is -2.10. The molecule has 20 heavy (non-hydrogen) atoms. The predicted molar refractivity (Wildman–Crippen MR) is 88.1 cm³/mol. The molecule has 3 nitrogen and oxygen atoms in total. The van der Waals surface area contributed by atoms with Gasteiger partial charge < -0.3 is 4.98 Å². The van der Waals surface area contributed by atoms with Gasteiger partial charge in [-0.25, -0.2) is 4.98 Å². The SMILES string of the molecule is O=c1[nH]c(/C(Cl)=C/c2ccc(Br)s2)nc2ccccc12. The van der Waals surface area contributed by atoms with Crippen LogP contribution in [-0.2, 0) is 0 Å². The minimum absolute atomic E-state index is 0.190. The van der Waals surface area contributed by atoms with Crippen molar-refractivity contribution in [1.82, 2.24) is 9.97 Å². The number of nitrogens with one attached hydrogen (secondary N) is 1. The smallest absolute Gasteiger partial charge is 0.259 e. The van der Waals surface area contributed by atoms with Crippen LogP contribution < -0.4 is 5.56 Å². The lowest BCUT2D eigenvalue weighted by molar-refractivity contribution is 1.14. The molecule has 3 aromatic rings. The van der Waals surface area contributed by atoms with Gasteiger partial charge in [0.25, 0.3) is 5.56 Å². The molecule has 0 fully saturated rings. The fourth-order valence-electron chi connectivity index (χ4n) is 1.80. The standard InChI is InChI=1S/C14H8BrClN2OS/c15-12-6-5-8(20-12)7-10(16)13-17-11-4-2-1-3-9(11)14(19)18-13/h1-7H,(H,17,18,19)/b10-7-. The highest BCUT2D eigenvalue weighted by Gasteiger charge is 2.06. The third-order valence-corrected chi connectivity index (χ3v) is 4.56. The Morgan fingerprint density at radius 2 is 2.10 bits per heavy atom. The third-order valence-electron chi connectivity index (χ3n) is 2.70. The van der Waals surface area contributed by atoms with Crippen molar-refractivity contribution >= 4 is 60.9 Å². The van der Waals surface area contributed by atoms with Crippen LogP contribution in [0.5, 0.6) is 0 Å². The zero-order valence-electron chi connectivity index (χ0n) is 10.1. The van der Waals surface area contributed by atoms with E-state index in [0.717, 1.165) is 8.66 Å². The number of thiophene rings is 1. The van der Waals surface area contributed by atoms with Gasteiger partial charge in [0.2, 0.25) is 0 Å². The van der Waals surface area contributed by atoms with E-state index in [-0.39, 0.29) is 5.56 Å². The van der Waals surface area contributed by atoms with Gasteiger partial charge in [0.1, 0.15) is 0 Å². The number of aromatic nitrogens is 2. The molecular weight excluding hydrogens is 360 g/mol. The summed E-state index contributed by atoms with van der Waals surface area (Å²) in [6.45, 7) is 0. The maximum atomic E-state index is 12.0. The van der Waals surface area contributed by atoms with Gasteiger partial charge in [-0.1, -0.05) is 23.7 Å². The molecule has 0 radical (unpaired) electrons. The molecule has 100 valence electrons. The van der Waals surface area contributed by atoms with Crippen molar-refractivity contribution in [2.75, 3.05) is 0 Å². The quantitative estimate of drug-likeness (QED) is 0.725. The molecule has 0 unspecified atom stereocenters. The third kappa shape index (κ3) is 2.70. The average molecular weight is 368 g/mol. The number of benzene rings is 1. The number of fused-ring (bicyclic) bond motifs is 1. The van der Waals surface area contributed by atoms with Gasteiger partial charge in [0.15, 0.2) is 5.82 Å². The Balaban J connectivity index is 2.10. The second kappa shape index (κ2) is 5.52. The van der Waals surface area contributed by atoms with Crippen LogP contribution in [0.25, 0.3) is 22.0 Å². The van der Waals surface area contributed by atoms with Gasteiger partial charge in [-0.15, -0.1) is 11.3 Å². The molecule has 0 saturated heterocycles. The van der Waals surface area contributed by atoms with Crippen LogP contribution in [0.2, 0.25) is 0 Å². The Labute approximate surface area is 132 Å². The molecule has 0 aliphatic carbocycles. The summed E-state index contributed by atoms with van der Waals surface area (Å²) in [5.74, 6) is 0.375. The van der Waals surface area contributed by atoms with E-state index < -0.39 is 0 Å². The first-order valence-electron chi connectivity index (χ1n) is 5.75. The van der Waals surface area contributed by atoms with Crippen molar-refractivity contribution in [2.24, 2.45) is 0 Å². The molecule has 0 spiro atoms. The maximum absolute atomic E-state index is 12.0. The molecule has 2 heterocycles. The number of hydrogen-bond acceptors (Lipinski definition) is 3. The fourth-order valence-corrected chi connectivity index (χ4v) is 3.44. The number of halogens is 2. The number of nitrogens with zero attached hydrogens (tertiary/aromatic N) is 1. The van der Waals surface area contributed by atoms with Gasteiger partial charge in [-0.3, -0.25) is 4.79 Å². The molecule has 3 rings (SSSR count). The van der Waals surface area contributed by atoms with E-state index in [4.69, 9.17) is 11.6 Å². The minimum atomic E-state index is -0.190. The van der Waals surface area contributed by atoms with Crippen molar-refractivity contribution in [1.29, 1.82) is 0 Å². The molecule has 0 bridgehead atoms. The van der Waals surface area contributed by atoms with Gasteiger partial charge >= 0.3 is 0 Å². The van der Waals surface area contributed by atoms with Crippen molar-refractivity contribution in [3.8, 4) is 0 Å². The molecule has 6 heteroatoms. The molecule has 0 saturated carbocycles. The van der Waals surface area contributed by atoms with Gasteiger partial charge in [0, 0.05) is 4.88 Å². The topological polar surface area (TPSA) is 45.8 Å². The Kier molecular flexibility index (Phi) is 3.74. The summed E-state index contributed by atoms with van der Waals surface area (Å²) in [6.07, 6.45) is 1.78. The Morgan fingerprint density at radius 1 is 1.30 bits per heavy atom. The van der Waals surface area contributed by atoms with Gasteiger partial charge in [0.05, 0.1) is 19.7 Å². The van der Waals surface area contributed by atoms with E-state index >= 15 is 0 Å². The second-order valence-corrected chi connectivity index (χ2v) is 6.97. The average Bonchev–Trinajstić information content (AvgIpc) is 2.84. The van der Waals surface area contributed by atoms with Crippen LogP contribution in [0.15, 0.2) is 45.0 Å². The maximum Gasteiger partial charge on any atom is 0.259 e. The van der Waals surface area contributed by atoms with E-state index in [1.54, 1.807) is 35.6 Å². The second-order valence-electron chi connectivity index (χ2n) is 4.07. The highest BCUT2D eigenvalue weighted by molar-refractivity contribution is 9.11. The number of hydrogen-bond donors (Lipinski definition) is 1. The van der Waals surface area contributed by atoms with Gasteiger partial charge in [-0.05, 0) is 46.3 Å². The zero-order chi connectivity index (χ0) is 14.1. The van der Waals surface area contributed by atoms with E-state index in [1.165, 1.54) is 0 Å². The summed E-state index contributed by atoms with van der Waals surface area (Å²) < 4.78 is 1.02. The molecule has 1 N–H and O–H groups in total. The van der Waals surface area contributed by atoms with Crippen molar-refractivity contribution in [2.45, 2.75) is 0 Å². The first-order chi connectivity index (χ1) is 9.63. The molecular formula is C14H8BrClN2OS. The normalized spacial score (nSPS) is 12.0. The van der Waals surface area contributed by atoms with Crippen LogP contribution >= 0.6 is 38.9 Å². The summed E-state index contributed by atoms with van der Waals surface area (Å²) in [6, 6.07) is 11.1. The van der Waals surface area contributed by atoms with Crippen molar-refractivity contribution in [3.05, 3.63) is 61.2 Å². The molecule has 0 aliphatic heterocycles.